The molecule has 0 bridgehead atoms. The van der Waals surface area contributed by atoms with Crippen molar-refractivity contribution in [3.63, 3.8) is 0 Å². The average molecular weight is 352 g/mol. The molecule has 2 aromatic heterocycles. The van der Waals surface area contributed by atoms with Crippen LogP contribution in [-0.4, -0.2) is 58.7 Å². The molecule has 134 valence electrons. The fourth-order valence-corrected chi connectivity index (χ4v) is 3.99. The van der Waals surface area contributed by atoms with Crippen molar-refractivity contribution in [2.24, 2.45) is 5.41 Å². The van der Waals surface area contributed by atoms with E-state index >= 15 is 0 Å². The molecule has 2 aromatic rings. The summed E-state index contributed by atoms with van der Waals surface area (Å²) in [6.07, 6.45) is 0.419. The maximum atomic E-state index is 11.1. The lowest BCUT2D eigenvalue weighted by Gasteiger charge is -2.27. The summed E-state index contributed by atoms with van der Waals surface area (Å²) in [4.78, 5) is 26.9. The lowest BCUT2D eigenvalue weighted by Crippen LogP contribution is -2.37. The monoisotopic (exact) mass is 352 g/mol. The number of nitrogens with two attached hydrogens (primary N) is 1. The maximum absolute atomic E-state index is 11.1. The molecule has 12 nitrogen and oxygen atoms in total. The number of aliphatic hydroxyl groups is 2. The molecule has 1 saturated heterocycles. The van der Waals surface area contributed by atoms with Crippen LogP contribution in [0.1, 0.15) is 20.1 Å². The number of rotatable bonds is 4. The van der Waals surface area contributed by atoms with Gasteiger partial charge in [-0.15, -0.1) is 10.1 Å². The summed E-state index contributed by atoms with van der Waals surface area (Å²) in [5, 5.41) is 31.6. The lowest BCUT2D eigenvalue weighted by molar-refractivity contribution is -0.759. The van der Waals surface area contributed by atoms with Crippen molar-refractivity contribution in [1.29, 1.82) is 0 Å². The molecule has 4 atom stereocenters. The molecular formula is C13H16N6O6. The van der Waals surface area contributed by atoms with Gasteiger partial charge in [0.25, 0.3) is 5.09 Å². The molecule has 1 aliphatic carbocycles. The quantitative estimate of drug-likeness (QED) is 0.458. The zero-order valence-corrected chi connectivity index (χ0v) is 13.4. The Morgan fingerprint density at radius 2 is 2.12 bits per heavy atom. The van der Waals surface area contributed by atoms with Gasteiger partial charge in [-0.1, -0.05) is 13.8 Å². The average Bonchev–Trinajstić information content (AvgIpc) is 2.92. The summed E-state index contributed by atoms with van der Waals surface area (Å²) in [7, 11) is 0. The van der Waals surface area contributed by atoms with Gasteiger partial charge in [0.1, 0.15) is 35.8 Å². The lowest BCUT2D eigenvalue weighted by atomic mass is 10.0. The van der Waals surface area contributed by atoms with Crippen molar-refractivity contribution in [1.82, 2.24) is 19.5 Å². The minimum Gasteiger partial charge on any atom is -0.383 e. The standard InChI is InChI=1S/C13H16N6O6/c1-11(2)12(20)6(3-24-19(22)23)25-10(13(11,12)21)18-5-17-7-8(14)15-4-16-9(7)18/h4-6,10,20-21H,3H2,1-2H3,(H2,14,15,16)/t6-,10-,12+,13-/m1/s1. The van der Waals surface area contributed by atoms with E-state index in [1.54, 1.807) is 13.8 Å². The number of aromatic nitrogens is 4. The van der Waals surface area contributed by atoms with Crippen LogP contribution in [0.15, 0.2) is 12.7 Å². The van der Waals surface area contributed by atoms with Crippen LogP contribution in [-0.2, 0) is 9.57 Å². The van der Waals surface area contributed by atoms with Crippen LogP contribution in [0.2, 0.25) is 0 Å². The highest BCUT2D eigenvalue weighted by atomic mass is 17.0. The van der Waals surface area contributed by atoms with Crippen LogP contribution in [0.3, 0.4) is 0 Å². The van der Waals surface area contributed by atoms with Crippen LogP contribution in [0.5, 0.6) is 0 Å². The number of hydrogen-bond acceptors (Lipinski definition) is 10. The molecule has 2 aliphatic rings. The van der Waals surface area contributed by atoms with Crippen molar-refractivity contribution >= 4 is 17.0 Å². The van der Waals surface area contributed by atoms with Crippen LogP contribution in [0.25, 0.3) is 11.2 Å². The van der Waals surface area contributed by atoms with Gasteiger partial charge >= 0.3 is 0 Å². The van der Waals surface area contributed by atoms with Crippen LogP contribution < -0.4 is 5.73 Å². The molecule has 12 heteroatoms. The molecule has 4 N–H and O–H groups in total. The summed E-state index contributed by atoms with van der Waals surface area (Å²) < 4.78 is 7.13. The molecule has 0 aromatic carbocycles. The van der Waals surface area contributed by atoms with E-state index in [-0.39, 0.29) is 5.82 Å². The van der Waals surface area contributed by atoms with Crippen molar-refractivity contribution in [2.45, 2.75) is 37.4 Å². The first-order valence-corrected chi connectivity index (χ1v) is 7.46. The van der Waals surface area contributed by atoms with Crippen LogP contribution in [0, 0.1) is 15.5 Å². The van der Waals surface area contributed by atoms with Gasteiger partial charge in [-0.2, -0.15) is 0 Å². The Morgan fingerprint density at radius 1 is 1.40 bits per heavy atom. The molecule has 3 heterocycles. The first-order chi connectivity index (χ1) is 11.7. The molecule has 1 saturated carbocycles. The number of nitrogens with zero attached hydrogens (tertiary/aromatic N) is 5. The third-order valence-electron chi connectivity index (χ3n) is 5.51. The second-order valence-electron chi connectivity index (χ2n) is 6.74. The van der Waals surface area contributed by atoms with E-state index in [9.17, 15) is 20.3 Å². The number of hydrogen-bond donors (Lipinski definition) is 3. The highest BCUT2D eigenvalue weighted by Crippen LogP contribution is 2.75. The molecule has 2 fully saturated rings. The van der Waals surface area contributed by atoms with Crippen molar-refractivity contribution in [3.05, 3.63) is 22.8 Å². The van der Waals surface area contributed by atoms with Gasteiger partial charge in [0.15, 0.2) is 17.7 Å². The van der Waals surface area contributed by atoms with Gasteiger partial charge in [-0.05, 0) is 0 Å². The van der Waals surface area contributed by atoms with Gasteiger partial charge in [0.2, 0.25) is 0 Å². The Morgan fingerprint density at radius 3 is 2.80 bits per heavy atom. The van der Waals surface area contributed by atoms with Gasteiger partial charge < -0.3 is 25.5 Å². The Hall–Kier alpha value is -2.57. The van der Waals surface area contributed by atoms with Crippen molar-refractivity contribution in [2.75, 3.05) is 12.3 Å². The minimum atomic E-state index is -1.73. The Labute approximate surface area is 140 Å². The van der Waals surface area contributed by atoms with Gasteiger partial charge in [0, 0.05) is 5.41 Å². The molecule has 0 radical (unpaired) electrons. The first kappa shape index (κ1) is 15.9. The van der Waals surface area contributed by atoms with Gasteiger partial charge in [-0.25, -0.2) is 15.0 Å². The molecule has 0 amide bonds. The third-order valence-corrected chi connectivity index (χ3v) is 5.51. The zero-order chi connectivity index (χ0) is 18.2. The number of nitrogen functional groups attached to an aromatic ring is 1. The highest BCUT2D eigenvalue weighted by Gasteiger charge is 2.92. The molecule has 25 heavy (non-hydrogen) atoms. The minimum absolute atomic E-state index is 0.160. The van der Waals surface area contributed by atoms with E-state index in [1.807, 2.05) is 0 Å². The maximum Gasteiger partial charge on any atom is 0.294 e. The fraction of sp³-hybridized carbons (Fsp3) is 0.615. The summed E-state index contributed by atoms with van der Waals surface area (Å²) >= 11 is 0. The van der Waals surface area contributed by atoms with E-state index in [0.29, 0.717) is 11.2 Å². The number of imidazole rings is 1. The fourth-order valence-electron chi connectivity index (χ4n) is 3.99. The topological polar surface area (TPSA) is 172 Å². The first-order valence-electron chi connectivity index (χ1n) is 7.46. The zero-order valence-electron chi connectivity index (χ0n) is 13.4. The molecular weight excluding hydrogens is 336 g/mol. The van der Waals surface area contributed by atoms with Crippen molar-refractivity contribution in [3.8, 4) is 0 Å². The predicted octanol–water partition coefficient (Wildman–Crippen LogP) is -0.984. The number of anilines is 1. The molecule has 0 spiro atoms. The molecule has 4 rings (SSSR count). The van der Waals surface area contributed by atoms with E-state index in [4.69, 9.17) is 10.5 Å². The van der Waals surface area contributed by atoms with E-state index in [2.05, 4.69) is 19.8 Å². The highest BCUT2D eigenvalue weighted by molar-refractivity contribution is 5.81. The molecule has 1 aliphatic heterocycles. The van der Waals surface area contributed by atoms with Gasteiger partial charge in [0.05, 0.1) is 6.33 Å². The van der Waals surface area contributed by atoms with Crippen LogP contribution in [0.4, 0.5) is 5.82 Å². The summed E-state index contributed by atoms with van der Waals surface area (Å²) in [5.74, 6) is 0.160. The predicted molar refractivity (Wildman–Crippen MR) is 80.3 cm³/mol. The summed E-state index contributed by atoms with van der Waals surface area (Å²) in [6.45, 7) is 2.77. The Kier molecular flexibility index (Phi) is 2.89. The summed E-state index contributed by atoms with van der Waals surface area (Å²) in [5.41, 5.74) is 1.96. The van der Waals surface area contributed by atoms with E-state index in [0.717, 1.165) is 0 Å². The number of ether oxygens (including phenoxy) is 1. The van der Waals surface area contributed by atoms with E-state index in [1.165, 1.54) is 17.2 Å². The van der Waals surface area contributed by atoms with E-state index < -0.39 is 40.6 Å². The van der Waals surface area contributed by atoms with Crippen LogP contribution >= 0.6 is 0 Å². The second-order valence-corrected chi connectivity index (χ2v) is 6.74. The summed E-state index contributed by atoms with van der Waals surface area (Å²) in [6, 6.07) is 0. The second kappa shape index (κ2) is 4.53. The smallest absolute Gasteiger partial charge is 0.294 e. The largest absolute Gasteiger partial charge is 0.383 e. The van der Waals surface area contributed by atoms with Crippen molar-refractivity contribution < 1.29 is 24.9 Å². The Balaban J connectivity index is 1.78. The molecule has 0 unspecified atom stereocenters. The van der Waals surface area contributed by atoms with Gasteiger partial charge in [-0.3, -0.25) is 4.57 Å². The Bertz CT molecular complexity index is 885. The third kappa shape index (κ3) is 1.63. The SMILES string of the molecule is CC1(C)[C@]2(O)[C@H](n3cnc4c(N)ncnc43)O[C@H](CO[N+](=O)[O-])[C@]12O. The normalized spacial score (nSPS) is 35.5. The number of fused-ring (bicyclic) bond motifs is 2.